The summed E-state index contributed by atoms with van der Waals surface area (Å²) in [5.74, 6) is -18.3. The molecule has 0 bridgehead atoms. The average Bonchev–Trinajstić information content (AvgIpc) is 2.60. The highest BCUT2D eigenvalue weighted by molar-refractivity contribution is 5.42. The van der Waals surface area contributed by atoms with E-state index in [9.17, 15) is 35.8 Å². The van der Waals surface area contributed by atoms with Crippen molar-refractivity contribution in [3.05, 3.63) is 58.1 Å². The Morgan fingerprint density at radius 1 is 1.00 bits per heavy atom. The van der Waals surface area contributed by atoms with E-state index in [2.05, 4.69) is 0 Å². The van der Waals surface area contributed by atoms with Crippen LogP contribution in [-0.4, -0.2) is 24.1 Å². The van der Waals surface area contributed by atoms with E-state index >= 15 is 0 Å². The first kappa shape index (κ1) is 20.2. The quantitative estimate of drug-likeness (QED) is 0.335. The second-order valence-corrected chi connectivity index (χ2v) is 5.31. The summed E-state index contributed by atoms with van der Waals surface area (Å²) in [7, 11) is 0. The summed E-state index contributed by atoms with van der Waals surface area (Å²) in [6, 6.07) is 0.0582. The number of aliphatic hydroxyl groups excluding tert-OH is 1. The third-order valence-electron chi connectivity index (χ3n) is 3.67. The summed E-state index contributed by atoms with van der Waals surface area (Å²) >= 11 is 0. The molecule has 0 radical (unpaired) electrons. The van der Waals surface area contributed by atoms with Crippen LogP contribution in [0.25, 0.3) is 0 Å². The van der Waals surface area contributed by atoms with Gasteiger partial charge in [-0.3, -0.25) is 0 Å². The van der Waals surface area contributed by atoms with E-state index in [1.54, 1.807) is 0 Å². The van der Waals surface area contributed by atoms with E-state index in [4.69, 9.17) is 9.47 Å². The van der Waals surface area contributed by atoms with Gasteiger partial charge in [0.2, 0.25) is 0 Å². The summed E-state index contributed by atoms with van der Waals surface area (Å²) in [4.78, 5) is 0. The fourth-order valence-corrected chi connectivity index (χ4v) is 2.50. The lowest BCUT2D eigenvalue weighted by Gasteiger charge is -2.31. The first-order valence-corrected chi connectivity index (χ1v) is 7.35. The standard InChI is InChI=1S/C16H13F7O3/c1-3-25-5(2)26-16-8(11(20)13(22)15(24)14(16)23)6-4-7(17)10(19)12(21)9(6)18/h4-5,8,16,24H,3H2,1-2H3. The molecule has 1 N–H and O–H groups in total. The Kier molecular flexibility index (Phi) is 5.97. The van der Waals surface area contributed by atoms with E-state index in [1.165, 1.54) is 13.8 Å². The number of halogens is 7. The molecule has 1 aromatic carbocycles. The van der Waals surface area contributed by atoms with Gasteiger partial charge in [0.1, 0.15) is 6.10 Å². The van der Waals surface area contributed by atoms with Crippen molar-refractivity contribution < 1.29 is 45.3 Å². The van der Waals surface area contributed by atoms with Gasteiger partial charge in [-0.25, -0.2) is 26.3 Å². The van der Waals surface area contributed by atoms with Crippen molar-refractivity contribution >= 4 is 0 Å². The molecule has 0 heterocycles. The van der Waals surface area contributed by atoms with E-state index in [0.29, 0.717) is 0 Å². The lowest BCUT2D eigenvalue weighted by molar-refractivity contribution is -0.158. The molecular weight excluding hydrogens is 373 g/mol. The molecule has 0 saturated carbocycles. The van der Waals surface area contributed by atoms with Gasteiger partial charge < -0.3 is 14.6 Å². The van der Waals surface area contributed by atoms with Gasteiger partial charge in [0.05, 0.1) is 5.92 Å². The minimum Gasteiger partial charge on any atom is -0.503 e. The second kappa shape index (κ2) is 7.67. The second-order valence-electron chi connectivity index (χ2n) is 5.31. The van der Waals surface area contributed by atoms with Crippen LogP contribution in [0.15, 0.2) is 29.3 Å². The maximum Gasteiger partial charge on any atom is 0.199 e. The Labute approximate surface area is 143 Å². The number of hydrogen-bond donors (Lipinski definition) is 1. The smallest absolute Gasteiger partial charge is 0.199 e. The monoisotopic (exact) mass is 386 g/mol. The molecule has 3 atom stereocenters. The van der Waals surface area contributed by atoms with Gasteiger partial charge in [0, 0.05) is 12.2 Å². The molecule has 2 rings (SSSR count). The van der Waals surface area contributed by atoms with Crippen LogP contribution in [0, 0.1) is 23.3 Å². The minimum absolute atomic E-state index is 0.0582. The third-order valence-corrected chi connectivity index (χ3v) is 3.67. The normalized spacial score (nSPS) is 22.2. The number of benzene rings is 1. The van der Waals surface area contributed by atoms with Crippen molar-refractivity contribution in [2.75, 3.05) is 6.61 Å². The van der Waals surface area contributed by atoms with E-state index in [0.717, 1.165) is 0 Å². The Morgan fingerprint density at radius 2 is 1.62 bits per heavy atom. The van der Waals surface area contributed by atoms with Crippen molar-refractivity contribution in [3.63, 3.8) is 0 Å². The SMILES string of the molecule is CCOC(C)OC1C(F)=C(O)C(F)=C(F)C1c1cc(F)c(F)c(F)c1F. The molecule has 3 unspecified atom stereocenters. The van der Waals surface area contributed by atoms with Gasteiger partial charge in [-0.1, -0.05) is 0 Å². The topological polar surface area (TPSA) is 38.7 Å². The van der Waals surface area contributed by atoms with Gasteiger partial charge in [-0.15, -0.1) is 0 Å². The number of aliphatic hydroxyl groups is 1. The van der Waals surface area contributed by atoms with Crippen LogP contribution in [0.2, 0.25) is 0 Å². The maximum atomic E-state index is 14.3. The number of ether oxygens (including phenoxy) is 2. The molecule has 3 nitrogen and oxygen atoms in total. The Balaban J connectivity index is 2.62. The van der Waals surface area contributed by atoms with Crippen molar-refractivity contribution in [2.45, 2.75) is 32.2 Å². The summed E-state index contributed by atoms with van der Waals surface area (Å²) < 4.78 is 106. The Bertz CT molecular complexity index is 776. The molecule has 0 amide bonds. The molecular formula is C16H13F7O3. The molecule has 1 aliphatic carbocycles. The van der Waals surface area contributed by atoms with Crippen LogP contribution in [-0.2, 0) is 9.47 Å². The molecule has 1 aromatic rings. The van der Waals surface area contributed by atoms with E-state index in [-0.39, 0.29) is 12.7 Å². The molecule has 0 aliphatic heterocycles. The zero-order valence-corrected chi connectivity index (χ0v) is 13.4. The fraction of sp³-hybridized carbons (Fsp3) is 0.375. The molecule has 144 valence electrons. The summed E-state index contributed by atoms with van der Waals surface area (Å²) in [5, 5.41) is 9.33. The predicted octanol–water partition coefficient (Wildman–Crippen LogP) is 5.00. The maximum absolute atomic E-state index is 14.3. The van der Waals surface area contributed by atoms with Crippen molar-refractivity contribution in [1.29, 1.82) is 0 Å². The molecule has 0 saturated heterocycles. The predicted molar refractivity (Wildman–Crippen MR) is 75.0 cm³/mol. The van der Waals surface area contributed by atoms with Gasteiger partial charge in [-0.05, 0) is 19.9 Å². The highest BCUT2D eigenvalue weighted by Crippen LogP contribution is 2.45. The van der Waals surface area contributed by atoms with Crippen LogP contribution < -0.4 is 0 Å². The van der Waals surface area contributed by atoms with Gasteiger partial charge in [-0.2, -0.15) is 4.39 Å². The van der Waals surface area contributed by atoms with Crippen LogP contribution >= 0.6 is 0 Å². The van der Waals surface area contributed by atoms with Gasteiger partial charge in [0.25, 0.3) is 0 Å². The largest absolute Gasteiger partial charge is 0.503 e. The van der Waals surface area contributed by atoms with Crippen LogP contribution in [0.3, 0.4) is 0 Å². The molecule has 1 aliphatic rings. The van der Waals surface area contributed by atoms with Crippen molar-refractivity contribution in [3.8, 4) is 0 Å². The Morgan fingerprint density at radius 3 is 2.19 bits per heavy atom. The van der Waals surface area contributed by atoms with Gasteiger partial charge >= 0.3 is 0 Å². The lowest BCUT2D eigenvalue weighted by atomic mass is 9.86. The minimum atomic E-state index is -2.36. The number of rotatable bonds is 5. The highest BCUT2D eigenvalue weighted by Gasteiger charge is 2.44. The third kappa shape index (κ3) is 3.43. The molecule has 0 fully saturated rings. The van der Waals surface area contributed by atoms with E-state index < -0.39 is 70.4 Å². The molecule has 0 aromatic heterocycles. The van der Waals surface area contributed by atoms with Crippen molar-refractivity contribution in [2.24, 2.45) is 0 Å². The summed E-state index contributed by atoms with van der Waals surface area (Å²) in [6.45, 7) is 2.84. The van der Waals surface area contributed by atoms with Crippen LogP contribution in [0.1, 0.15) is 25.3 Å². The Hall–Kier alpha value is -2.07. The molecule has 26 heavy (non-hydrogen) atoms. The summed E-state index contributed by atoms with van der Waals surface area (Å²) in [6.07, 6.45) is -3.45. The molecule has 0 spiro atoms. The zero-order valence-electron chi connectivity index (χ0n) is 13.4. The molecule has 10 heteroatoms. The fourth-order valence-electron chi connectivity index (χ4n) is 2.50. The lowest BCUT2D eigenvalue weighted by Crippen LogP contribution is -2.33. The first-order chi connectivity index (χ1) is 12.1. The van der Waals surface area contributed by atoms with E-state index in [1.807, 2.05) is 0 Å². The first-order valence-electron chi connectivity index (χ1n) is 7.35. The zero-order chi connectivity index (χ0) is 19.8. The van der Waals surface area contributed by atoms with Crippen molar-refractivity contribution in [1.82, 2.24) is 0 Å². The summed E-state index contributed by atoms with van der Waals surface area (Å²) in [5.41, 5.74) is -1.23. The van der Waals surface area contributed by atoms with Crippen LogP contribution in [0.5, 0.6) is 0 Å². The van der Waals surface area contributed by atoms with Crippen LogP contribution in [0.4, 0.5) is 30.7 Å². The highest BCUT2D eigenvalue weighted by atomic mass is 19.2. The average molecular weight is 386 g/mol. The number of hydrogen-bond acceptors (Lipinski definition) is 3. The number of allylic oxidation sites excluding steroid dienone is 1. The van der Waals surface area contributed by atoms with Gasteiger partial charge in [0.15, 0.2) is 52.8 Å².